The maximum atomic E-state index is 14.5. The summed E-state index contributed by atoms with van der Waals surface area (Å²) in [4.78, 5) is 4.70. The van der Waals surface area contributed by atoms with E-state index in [0.29, 0.717) is 32.1 Å². The fourth-order valence-corrected chi connectivity index (χ4v) is 3.97. The highest BCUT2D eigenvalue weighted by Crippen LogP contribution is 2.33. The summed E-state index contributed by atoms with van der Waals surface area (Å²) in [5, 5.41) is 0.927. The summed E-state index contributed by atoms with van der Waals surface area (Å²) in [5.74, 6) is -0.575. The number of hydrogen-bond acceptors (Lipinski definition) is 5. The summed E-state index contributed by atoms with van der Waals surface area (Å²) in [6, 6.07) is 9.82. The third-order valence-corrected chi connectivity index (χ3v) is 6.09. The van der Waals surface area contributed by atoms with Crippen molar-refractivity contribution in [3.05, 3.63) is 59.3 Å². The van der Waals surface area contributed by atoms with E-state index in [1.54, 1.807) is 0 Å². The van der Waals surface area contributed by atoms with E-state index in [1.165, 1.54) is 6.07 Å². The lowest BCUT2D eigenvalue weighted by Gasteiger charge is -2.22. The van der Waals surface area contributed by atoms with Crippen molar-refractivity contribution in [3.63, 3.8) is 0 Å². The zero-order valence-corrected chi connectivity index (χ0v) is 19.7. The first-order valence-corrected chi connectivity index (χ1v) is 11.9. The van der Waals surface area contributed by atoms with Crippen molar-refractivity contribution in [2.24, 2.45) is 5.92 Å². The van der Waals surface area contributed by atoms with Crippen LogP contribution in [0.4, 0.5) is 8.78 Å². The van der Waals surface area contributed by atoms with Crippen LogP contribution in [-0.4, -0.2) is 31.4 Å². The molecule has 182 valence electrons. The monoisotopic (exact) mass is 471 g/mol. The Labute approximate surface area is 199 Å². The second-order valence-electron chi connectivity index (χ2n) is 8.60. The van der Waals surface area contributed by atoms with Crippen LogP contribution in [0.2, 0.25) is 0 Å². The van der Waals surface area contributed by atoms with E-state index in [4.69, 9.17) is 23.9 Å². The molecule has 4 rings (SSSR count). The van der Waals surface area contributed by atoms with Gasteiger partial charge in [-0.2, -0.15) is 0 Å². The van der Waals surface area contributed by atoms with Crippen LogP contribution in [0.3, 0.4) is 0 Å². The third-order valence-electron chi connectivity index (χ3n) is 6.09. The van der Waals surface area contributed by atoms with Gasteiger partial charge in [-0.3, -0.25) is 0 Å². The molecule has 0 bridgehead atoms. The third kappa shape index (κ3) is 5.76. The Bertz CT molecular complexity index is 1120. The molecule has 1 aromatic heterocycles. The normalized spacial score (nSPS) is 14.4. The first kappa shape index (κ1) is 24.2. The Kier molecular flexibility index (Phi) is 8.16. The maximum Gasteiger partial charge on any atom is 0.168 e. The summed E-state index contributed by atoms with van der Waals surface area (Å²) < 4.78 is 51.7. The fraction of sp³-hybridized carbons (Fsp3) is 0.444. The topological polar surface area (TPSA) is 49.8 Å². The number of nitrogens with zero attached hydrogens (tertiary/aromatic N) is 1. The van der Waals surface area contributed by atoms with Crippen molar-refractivity contribution in [2.75, 3.05) is 26.4 Å². The number of fused-ring (bicyclic) bond motifs is 1. The Morgan fingerprint density at radius 1 is 1.00 bits per heavy atom. The van der Waals surface area contributed by atoms with Crippen LogP contribution < -0.4 is 14.2 Å². The molecule has 2 aromatic carbocycles. The van der Waals surface area contributed by atoms with E-state index in [1.807, 2.05) is 31.2 Å². The van der Waals surface area contributed by atoms with E-state index in [2.05, 4.69) is 6.92 Å². The largest absolute Gasteiger partial charge is 0.493 e. The molecule has 1 saturated heterocycles. The summed E-state index contributed by atoms with van der Waals surface area (Å²) in [5.41, 5.74) is 2.25. The van der Waals surface area contributed by atoms with Gasteiger partial charge in [-0.15, -0.1) is 0 Å². The van der Waals surface area contributed by atoms with E-state index >= 15 is 0 Å². The maximum absolute atomic E-state index is 14.5. The van der Waals surface area contributed by atoms with Gasteiger partial charge in [0.05, 0.1) is 24.4 Å². The lowest BCUT2D eigenvalue weighted by molar-refractivity contribution is 0.0491. The molecule has 0 radical (unpaired) electrons. The smallest absolute Gasteiger partial charge is 0.168 e. The quantitative estimate of drug-likeness (QED) is 0.321. The summed E-state index contributed by atoms with van der Waals surface area (Å²) >= 11 is 0. The van der Waals surface area contributed by atoms with Gasteiger partial charge in [-0.25, -0.2) is 13.8 Å². The predicted octanol–water partition coefficient (Wildman–Crippen LogP) is 6.38. The molecule has 0 amide bonds. The predicted molar refractivity (Wildman–Crippen MR) is 127 cm³/mol. The first-order valence-electron chi connectivity index (χ1n) is 11.9. The van der Waals surface area contributed by atoms with Gasteiger partial charge in [-0.1, -0.05) is 25.5 Å². The van der Waals surface area contributed by atoms with Crippen LogP contribution in [0.15, 0.2) is 36.4 Å². The van der Waals surface area contributed by atoms with Gasteiger partial charge in [0.2, 0.25) is 0 Å². The van der Waals surface area contributed by atoms with Crippen molar-refractivity contribution >= 4 is 10.9 Å². The number of benzene rings is 2. The van der Waals surface area contributed by atoms with Gasteiger partial charge in [0, 0.05) is 36.3 Å². The summed E-state index contributed by atoms with van der Waals surface area (Å²) in [7, 11) is 0. The highest BCUT2D eigenvalue weighted by Gasteiger charge is 2.19. The number of para-hydroxylation sites is 1. The molecule has 1 aliphatic heterocycles. The molecule has 0 spiro atoms. The average Bonchev–Trinajstić information content (AvgIpc) is 2.85. The minimum atomic E-state index is -0.784. The van der Waals surface area contributed by atoms with E-state index < -0.39 is 11.6 Å². The Morgan fingerprint density at radius 2 is 1.74 bits per heavy atom. The lowest BCUT2D eigenvalue weighted by Crippen LogP contribution is -2.21. The number of hydrogen-bond donors (Lipinski definition) is 0. The van der Waals surface area contributed by atoms with Crippen LogP contribution in [0, 0.1) is 24.5 Å². The molecule has 0 atom stereocenters. The molecule has 0 N–H and O–H groups in total. The number of halogens is 2. The minimum absolute atomic E-state index is 0.0166. The van der Waals surface area contributed by atoms with Gasteiger partial charge >= 0.3 is 0 Å². The van der Waals surface area contributed by atoms with Crippen molar-refractivity contribution < 1.29 is 27.7 Å². The van der Waals surface area contributed by atoms with Crippen LogP contribution in [0.25, 0.3) is 10.9 Å². The molecule has 0 unspecified atom stereocenters. The number of pyridine rings is 1. The van der Waals surface area contributed by atoms with Crippen LogP contribution >= 0.6 is 0 Å². The minimum Gasteiger partial charge on any atom is -0.493 e. The molecule has 34 heavy (non-hydrogen) atoms. The van der Waals surface area contributed by atoms with Gasteiger partial charge in [-0.05, 0) is 44.2 Å². The molecular weight excluding hydrogens is 440 g/mol. The molecule has 1 fully saturated rings. The molecule has 1 aliphatic rings. The fourth-order valence-electron chi connectivity index (χ4n) is 3.97. The number of unbranched alkanes of at least 4 members (excludes halogenated alkanes) is 1. The van der Waals surface area contributed by atoms with E-state index in [0.717, 1.165) is 54.0 Å². The van der Waals surface area contributed by atoms with E-state index in [9.17, 15) is 8.78 Å². The number of ether oxygens (including phenoxy) is 4. The molecular formula is C27H31F2NO4. The Balaban J connectivity index is 1.52. The second-order valence-corrected chi connectivity index (χ2v) is 8.60. The van der Waals surface area contributed by atoms with Crippen molar-refractivity contribution in [1.82, 2.24) is 4.98 Å². The second kappa shape index (κ2) is 11.5. The SMILES string of the molecule is CCCCOc1c(C)c(COc2cc(OCC3CCOCC3)c(F)cc2F)nc2ccccc12. The van der Waals surface area contributed by atoms with Crippen molar-refractivity contribution in [1.29, 1.82) is 0 Å². The van der Waals surface area contributed by atoms with Gasteiger partial charge in [0.1, 0.15) is 12.4 Å². The average molecular weight is 472 g/mol. The molecule has 2 heterocycles. The van der Waals surface area contributed by atoms with Crippen LogP contribution in [0.5, 0.6) is 17.2 Å². The molecule has 7 heteroatoms. The molecule has 5 nitrogen and oxygen atoms in total. The molecule has 0 saturated carbocycles. The Hall–Kier alpha value is -2.93. The number of aromatic nitrogens is 1. The van der Waals surface area contributed by atoms with E-state index in [-0.39, 0.29) is 24.0 Å². The zero-order valence-electron chi connectivity index (χ0n) is 19.7. The highest BCUT2D eigenvalue weighted by atomic mass is 19.1. The van der Waals surface area contributed by atoms with Crippen LogP contribution in [0.1, 0.15) is 43.9 Å². The first-order chi connectivity index (χ1) is 16.6. The highest BCUT2D eigenvalue weighted by molar-refractivity contribution is 5.86. The van der Waals surface area contributed by atoms with Gasteiger partial charge in [0.15, 0.2) is 23.1 Å². The summed E-state index contributed by atoms with van der Waals surface area (Å²) in [6.07, 6.45) is 3.70. The van der Waals surface area contributed by atoms with Gasteiger partial charge in [0.25, 0.3) is 0 Å². The summed E-state index contributed by atoms with van der Waals surface area (Å²) in [6.45, 7) is 6.36. The van der Waals surface area contributed by atoms with Crippen LogP contribution in [-0.2, 0) is 11.3 Å². The molecule has 0 aliphatic carbocycles. The number of rotatable bonds is 10. The standard InChI is InChI=1S/C27H31F2NO4/c1-3-4-11-32-27-18(2)24(30-23-8-6-5-7-20(23)27)17-34-26-15-25(21(28)14-22(26)29)33-16-19-9-12-31-13-10-19/h5-8,14-15,19H,3-4,9-13,16-17H2,1-2H3. The molecule has 3 aromatic rings. The zero-order chi connectivity index (χ0) is 23.9. The van der Waals surface area contributed by atoms with Crippen molar-refractivity contribution in [2.45, 2.75) is 46.1 Å². The Morgan fingerprint density at radius 3 is 2.50 bits per heavy atom. The van der Waals surface area contributed by atoms with Gasteiger partial charge < -0.3 is 18.9 Å². The lowest BCUT2D eigenvalue weighted by atomic mass is 10.0. The van der Waals surface area contributed by atoms with Crippen molar-refractivity contribution in [3.8, 4) is 17.2 Å².